The Hall–Kier alpha value is -3.93. The van der Waals surface area contributed by atoms with Crippen LogP contribution in [0, 0.1) is 5.92 Å². The smallest absolute Gasteiger partial charge is 0.321 e. The van der Waals surface area contributed by atoms with Crippen LogP contribution in [-0.4, -0.2) is 34.6 Å². The molecule has 0 unspecified atom stereocenters. The highest BCUT2D eigenvalue weighted by molar-refractivity contribution is 6.08. The first kappa shape index (κ1) is 22.8. The SMILES string of the molecule is CCOC(=O)[C@H]1C(=O)N(CCc2ccccc2)c2nc3ccccc3n2[C@@H]1c1ccc(CC)cc1. The van der Waals surface area contributed by atoms with Gasteiger partial charge in [-0.3, -0.25) is 14.5 Å². The van der Waals surface area contributed by atoms with E-state index in [-0.39, 0.29) is 12.5 Å². The fraction of sp³-hybridized carbons (Fsp3) is 0.276. The van der Waals surface area contributed by atoms with Gasteiger partial charge in [0.05, 0.1) is 23.7 Å². The highest BCUT2D eigenvalue weighted by Crippen LogP contribution is 2.41. The molecule has 1 aliphatic heterocycles. The lowest BCUT2D eigenvalue weighted by Gasteiger charge is -2.38. The molecule has 0 fully saturated rings. The molecule has 6 heteroatoms. The zero-order chi connectivity index (χ0) is 24.4. The molecule has 3 aromatic carbocycles. The Kier molecular flexibility index (Phi) is 6.36. The van der Waals surface area contributed by atoms with Crippen LogP contribution in [0.4, 0.5) is 5.95 Å². The van der Waals surface area contributed by atoms with Gasteiger partial charge in [-0.25, -0.2) is 4.98 Å². The number of rotatable bonds is 7. The van der Waals surface area contributed by atoms with Crippen LogP contribution in [0.25, 0.3) is 11.0 Å². The van der Waals surface area contributed by atoms with Crippen molar-refractivity contribution in [3.63, 3.8) is 0 Å². The van der Waals surface area contributed by atoms with Crippen LogP contribution in [-0.2, 0) is 27.2 Å². The van der Waals surface area contributed by atoms with Crippen molar-refractivity contribution in [1.29, 1.82) is 0 Å². The summed E-state index contributed by atoms with van der Waals surface area (Å²) >= 11 is 0. The van der Waals surface area contributed by atoms with E-state index in [1.807, 2.05) is 71.3 Å². The average Bonchev–Trinajstić information content (AvgIpc) is 3.27. The monoisotopic (exact) mass is 467 g/mol. The molecule has 1 aliphatic rings. The quantitative estimate of drug-likeness (QED) is 0.285. The lowest BCUT2D eigenvalue weighted by Crippen LogP contribution is -2.50. The Balaban J connectivity index is 1.67. The van der Waals surface area contributed by atoms with Crippen molar-refractivity contribution in [3.8, 4) is 0 Å². The number of anilines is 1. The van der Waals surface area contributed by atoms with Crippen LogP contribution in [0.3, 0.4) is 0 Å². The average molecular weight is 468 g/mol. The molecule has 0 spiro atoms. The number of hydrogen-bond donors (Lipinski definition) is 0. The second-order valence-electron chi connectivity index (χ2n) is 8.77. The van der Waals surface area contributed by atoms with E-state index >= 15 is 0 Å². The lowest BCUT2D eigenvalue weighted by atomic mass is 9.88. The fourth-order valence-electron chi connectivity index (χ4n) is 4.90. The molecular formula is C29H29N3O3. The third-order valence-corrected chi connectivity index (χ3v) is 6.68. The maximum Gasteiger partial charge on any atom is 0.321 e. The number of nitrogens with zero attached hydrogens (tertiary/aromatic N) is 3. The molecule has 0 N–H and O–H groups in total. The normalized spacial score (nSPS) is 17.4. The predicted octanol–water partition coefficient (Wildman–Crippen LogP) is 4.96. The molecule has 35 heavy (non-hydrogen) atoms. The molecule has 0 bridgehead atoms. The molecule has 6 nitrogen and oxygen atoms in total. The van der Waals surface area contributed by atoms with Crippen molar-refractivity contribution in [2.24, 2.45) is 5.92 Å². The van der Waals surface area contributed by atoms with E-state index in [4.69, 9.17) is 9.72 Å². The minimum Gasteiger partial charge on any atom is -0.465 e. The van der Waals surface area contributed by atoms with E-state index in [9.17, 15) is 9.59 Å². The number of para-hydroxylation sites is 2. The van der Waals surface area contributed by atoms with Gasteiger partial charge < -0.3 is 9.30 Å². The Morgan fingerprint density at radius 1 is 0.914 bits per heavy atom. The molecule has 2 atom stereocenters. The van der Waals surface area contributed by atoms with Crippen LogP contribution < -0.4 is 4.90 Å². The van der Waals surface area contributed by atoms with Crippen molar-refractivity contribution in [2.45, 2.75) is 32.7 Å². The second-order valence-corrected chi connectivity index (χ2v) is 8.77. The number of imidazole rings is 1. The number of carbonyl (C=O) groups excluding carboxylic acids is 2. The largest absolute Gasteiger partial charge is 0.465 e. The van der Waals surface area contributed by atoms with E-state index in [1.54, 1.807) is 11.8 Å². The Bertz CT molecular complexity index is 1340. The summed E-state index contributed by atoms with van der Waals surface area (Å²) in [7, 11) is 0. The molecule has 4 aromatic rings. The van der Waals surface area contributed by atoms with Crippen molar-refractivity contribution in [1.82, 2.24) is 9.55 Å². The summed E-state index contributed by atoms with van der Waals surface area (Å²) < 4.78 is 7.49. The van der Waals surface area contributed by atoms with E-state index < -0.39 is 17.9 Å². The van der Waals surface area contributed by atoms with Gasteiger partial charge in [-0.2, -0.15) is 0 Å². The summed E-state index contributed by atoms with van der Waals surface area (Å²) in [6.07, 6.45) is 1.57. The topological polar surface area (TPSA) is 64.4 Å². The zero-order valence-electron chi connectivity index (χ0n) is 20.1. The van der Waals surface area contributed by atoms with E-state index in [2.05, 4.69) is 19.1 Å². The van der Waals surface area contributed by atoms with Crippen molar-refractivity contribution >= 4 is 28.9 Å². The highest BCUT2D eigenvalue weighted by atomic mass is 16.5. The molecule has 2 heterocycles. The number of amides is 1. The van der Waals surface area contributed by atoms with Crippen molar-refractivity contribution in [2.75, 3.05) is 18.1 Å². The molecular weight excluding hydrogens is 438 g/mol. The summed E-state index contributed by atoms with van der Waals surface area (Å²) in [5.41, 5.74) is 4.88. The number of fused-ring (bicyclic) bond motifs is 3. The van der Waals surface area contributed by atoms with Gasteiger partial charge >= 0.3 is 5.97 Å². The van der Waals surface area contributed by atoms with Gasteiger partial charge in [0.1, 0.15) is 0 Å². The molecule has 0 aliphatic carbocycles. The van der Waals surface area contributed by atoms with Crippen LogP contribution in [0.5, 0.6) is 0 Å². The number of aromatic nitrogens is 2. The number of aryl methyl sites for hydroxylation is 1. The number of hydrogen-bond acceptors (Lipinski definition) is 4. The molecule has 0 radical (unpaired) electrons. The number of benzene rings is 3. The Morgan fingerprint density at radius 2 is 1.63 bits per heavy atom. The number of ether oxygens (including phenoxy) is 1. The summed E-state index contributed by atoms with van der Waals surface area (Å²) in [6.45, 7) is 4.50. The van der Waals surface area contributed by atoms with Crippen molar-refractivity contribution in [3.05, 3.63) is 95.6 Å². The maximum absolute atomic E-state index is 14.0. The van der Waals surface area contributed by atoms with E-state index in [1.165, 1.54) is 5.56 Å². The van der Waals surface area contributed by atoms with Crippen LogP contribution >= 0.6 is 0 Å². The van der Waals surface area contributed by atoms with Gasteiger partial charge in [0.25, 0.3) is 0 Å². The molecule has 5 rings (SSSR count). The number of esters is 1. The molecule has 178 valence electrons. The van der Waals surface area contributed by atoms with Crippen molar-refractivity contribution < 1.29 is 14.3 Å². The minimum absolute atomic E-state index is 0.214. The Labute approximate surface area is 205 Å². The van der Waals surface area contributed by atoms with Gasteiger partial charge in [-0.05, 0) is 48.6 Å². The van der Waals surface area contributed by atoms with Crippen LogP contribution in [0.1, 0.15) is 36.6 Å². The molecule has 1 aromatic heterocycles. The van der Waals surface area contributed by atoms with Crippen LogP contribution in [0.15, 0.2) is 78.9 Å². The lowest BCUT2D eigenvalue weighted by molar-refractivity contribution is -0.153. The number of carbonyl (C=O) groups is 2. The maximum atomic E-state index is 14.0. The first-order chi connectivity index (χ1) is 17.1. The first-order valence-corrected chi connectivity index (χ1v) is 12.2. The van der Waals surface area contributed by atoms with Gasteiger partial charge in [0.15, 0.2) is 5.92 Å². The van der Waals surface area contributed by atoms with E-state index in [0.717, 1.165) is 28.6 Å². The third-order valence-electron chi connectivity index (χ3n) is 6.68. The highest BCUT2D eigenvalue weighted by Gasteiger charge is 2.47. The summed E-state index contributed by atoms with van der Waals surface area (Å²) in [5.74, 6) is -1.21. The molecule has 0 saturated heterocycles. The second kappa shape index (κ2) is 9.74. The Morgan fingerprint density at radius 3 is 2.34 bits per heavy atom. The minimum atomic E-state index is -0.997. The van der Waals surface area contributed by atoms with Gasteiger partial charge in [0.2, 0.25) is 11.9 Å². The zero-order valence-corrected chi connectivity index (χ0v) is 20.1. The van der Waals surface area contributed by atoms with E-state index in [0.29, 0.717) is 18.9 Å². The predicted molar refractivity (Wildman–Crippen MR) is 136 cm³/mol. The summed E-state index contributed by atoms with van der Waals surface area (Å²) in [5, 5.41) is 0. The fourth-order valence-corrected chi connectivity index (χ4v) is 4.90. The third kappa shape index (κ3) is 4.20. The van der Waals surface area contributed by atoms with Gasteiger partial charge in [0, 0.05) is 6.54 Å². The summed E-state index contributed by atoms with van der Waals surface area (Å²) in [6, 6.07) is 25.5. The molecule has 0 saturated carbocycles. The summed E-state index contributed by atoms with van der Waals surface area (Å²) in [4.78, 5) is 33.8. The standard InChI is InChI=1S/C29H29N3O3/c1-3-20-14-16-22(17-15-20)26-25(28(34)35-4-2)27(33)31(19-18-21-10-6-5-7-11-21)29-30-23-12-8-9-13-24(23)32(26)29/h5-17,25-26H,3-4,18-19H2,1-2H3/t25-,26-/m1/s1. The van der Waals surface area contributed by atoms with Gasteiger partial charge in [-0.15, -0.1) is 0 Å². The first-order valence-electron chi connectivity index (χ1n) is 12.2. The molecule has 1 amide bonds. The van der Waals surface area contributed by atoms with Gasteiger partial charge in [-0.1, -0.05) is 73.7 Å². The van der Waals surface area contributed by atoms with Crippen LogP contribution in [0.2, 0.25) is 0 Å².